The highest BCUT2D eigenvalue weighted by atomic mass is 31.2. The third kappa shape index (κ3) is 72.4. The van der Waals surface area contributed by atoms with Crippen molar-refractivity contribution in [3.05, 3.63) is 0 Å². The zero-order chi connectivity index (χ0) is 71.8. The molecular weight excluding hydrogens is 1280 g/mol. The van der Waals surface area contributed by atoms with E-state index < -0.39 is 97.5 Å². The largest absolute Gasteiger partial charge is 0.472 e. The second-order valence-corrected chi connectivity index (χ2v) is 31.4. The molecule has 0 aromatic heterocycles. The van der Waals surface area contributed by atoms with E-state index in [1.165, 1.54) is 250 Å². The number of carbonyl (C=O) groups excluding carboxylic acids is 4. The molecule has 0 fully saturated rings. The van der Waals surface area contributed by atoms with E-state index in [0.29, 0.717) is 25.7 Å². The second kappa shape index (κ2) is 73.4. The number of hydrogen-bond donors (Lipinski definition) is 3. The quantitative estimate of drug-likeness (QED) is 0.0222. The van der Waals surface area contributed by atoms with Crippen molar-refractivity contribution in [2.75, 3.05) is 39.6 Å². The SMILES string of the molecule is CCCCCCCCCCCCCCCCCCCCCC(=O)OC[C@H](COP(=O)(O)OC[C@@H](O)COP(=O)(O)OC[C@@H](COC(=O)CCCCCCC)OC(=O)CCCCCCCCCCCCCCCCC)OC(=O)CCCCCCCCCCCCCCCCCCCCC. The van der Waals surface area contributed by atoms with Crippen LogP contribution in [0.4, 0.5) is 0 Å². The summed E-state index contributed by atoms with van der Waals surface area (Å²) in [5.74, 6) is -2.12. The number of aliphatic hydroxyl groups is 1. The predicted molar refractivity (Wildman–Crippen MR) is 400 cm³/mol. The summed E-state index contributed by atoms with van der Waals surface area (Å²) in [5.41, 5.74) is 0. The number of phosphoric acid groups is 2. The summed E-state index contributed by atoms with van der Waals surface area (Å²) in [7, 11) is -9.90. The summed E-state index contributed by atoms with van der Waals surface area (Å²) in [6, 6.07) is 0. The Bertz CT molecular complexity index is 1860. The maximum absolute atomic E-state index is 13.1. The van der Waals surface area contributed by atoms with Gasteiger partial charge in [-0.1, -0.05) is 374 Å². The third-order valence-corrected chi connectivity index (χ3v) is 20.5. The van der Waals surface area contributed by atoms with Gasteiger partial charge in [-0.15, -0.1) is 0 Å². The molecule has 0 aromatic rings. The van der Waals surface area contributed by atoms with E-state index in [-0.39, 0.29) is 25.7 Å². The van der Waals surface area contributed by atoms with Crippen LogP contribution >= 0.6 is 15.6 Å². The van der Waals surface area contributed by atoms with Crippen LogP contribution in [0.2, 0.25) is 0 Å². The molecule has 0 aliphatic carbocycles. The zero-order valence-electron chi connectivity index (χ0n) is 63.8. The monoisotopic (exact) mass is 1440 g/mol. The van der Waals surface area contributed by atoms with Gasteiger partial charge in [0.2, 0.25) is 0 Å². The first-order valence-corrected chi connectivity index (χ1v) is 44.3. The average Bonchev–Trinajstić information content (AvgIpc) is 1.16. The molecule has 17 nitrogen and oxygen atoms in total. The van der Waals surface area contributed by atoms with Crippen molar-refractivity contribution >= 4 is 39.5 Å². The molecule has 19 heteroatoms. The number of hydrogen-bond acceptors (Lipinski definition) is 15. The Kier molecular flexibility index (Phi) is 71.9. The van der Waals surface area contributed by atoms with E-state index in [9.17, 15) is 43.2 Å². The van der Waals surface area contributed by atoms with E-state index in [1.807, 2.05) is 0 Å². The zero-order valence-corrected chi connectivity index (χ0v) is 65.6. The van der Waals surface area contributed by atoms with Crippen LogP contribution in [0.1, 0.15) is 426 Å². The summed E-state index contributed by atoms with van der Waals surface area (Å²) in [5, 5.41) is 10.6. The van der Waals surface area contributed by atoms with Crippen molar-refractivity contribution in [2.24, 2.45) is 0 Å². The van der Waals surface area contributed by atoms with E-state index in [1.54, 1.807) is 0 Å². The molecule has 0 bridgehead atoms. The fourth-order valence-electron chi connectivity index (χ4n) is 12.3. The highest BCUT2D eigenvalue weighted by molar-refractivity contribution is 7.47. The topological polar surface area (TPSA) is 237 Å². The fraction of sp³-hybridized carbons (Fsp3) is 0.949. The minimum atomic E-state index is -4.96. The van der Waals surface area contributed by atoms with Gasteiger partial charge in [0.25, 0.3) is 0 Å². The minimum absolute atomic E-state index is 0.108. The van der Waals surface area contributed by atoms with Crippen LogP contribution in [0, 0.1) is 0 Å². The Balaban J connectivity index is 5.12. The van der Waals surface area contributed by atoms with Crippen molar-refractivity contribution in [3.8, 4) is 0 Å². The summed E-state index contributed by atoms with van der Waals surface area (Å²) in [6.45, 7) is 4.93. The van der Waals surface area contributed by atoms with Crippen LogP contribution in [-0.2, 0) is 65.4 Å². The van der Waals surface area contributed by atoms with Gasteiger partial charge in [0.05, 0.1) is 26.4 Å². The lowest BCUT2D eigenvalue weighted by Gasteiger charge is -2.21. The number of phosphoric ester groups is 2. The molecule has 3 N–H and O–H groups in total. The predicted octanol–water partition coefficient (Wildman–Crippen LogP) is 23.8. The van der Waals surface area contributed by atoms with E-state index >= 15 is 0 Å². The van der Waals surface area contributed by atoms with Crippen molar-refractivity contribution in [1.82, 2.24) is 0 Å². The van der Waals surface area contributed by atoms with Gasteiger partial charge in [-0.2, -0.15) is 0 Å². The van der Waals surface area contributed by atoms with Gasteiger partial charge in [-0.05, 0) is 25.7 Å². The number of esters is 4. The van der Waals surface area contributed by atoms with Crippen LogP contribution in [0.15, 0.2) is 0 Å². The second-order valence-electron chi connectivity index (χ2n) is 28.5. The Morgan fingerprint density at radius 1 is 0.245 bits per heavy atom. The lowest BCUT2D eigenvalue weighted by Crippen LogP contribution is -2.30. The first kappa shape index (κ1) is 96.1. The molecule has 0 amide bonds. The number of ether oxygens (including phenoxy) is 4. The van der Waals surface area contributed by atoms with Gasteiger partial charge < -0.3 is 33.8 Å². The normalized spacial score (nSPS) is 13.8. The fourth-order valence-corrected chi connectivity index (χ4v) is 13.9. The van der Waals surface area contributed by atoms with Crippen molar-refractivity contribution in [3.63, 3.8) is 0 Å². The van der Waals surface area contributed by atoms with E-state index in [2.05, 4.69) is 27.7 Å². The molecule has 0 radical (unpaired) electrons. The van der Waals surface area contributed by atoms with Gasteiger partial charge in [0.15, 0.2) is 12.2 Å². The van der Waals surface area contributed by atoms with Crippen LogP contribution in [0.25, 0.3) is 0 Å². The standard InChI is InChI=1S/C79H154O17P2/c1-5-9-13-17-20-23-26-29-32-34-36-38-41-43-46-49-52-56-60-64-77(82)90-70-75(96-79(84)66-62-58-54-51-48-45-42-39-37-35-33-30-27-24-21-18-14-10-6-2)72-94-98(87,88)92-68-73(80)67-91-97(85,86)93-71-74(69-89-76(81)63-59-55-16-12-8-4)95-78(83)65-61-57-53-50-47-44-40-31-28-25-22-19-15-11-7-3/h73-75,80H,5-72H2,1-4H3,(H,85,86)(H,87,88)/t73-,74+,75+/m0/s1. The molecule has 0 aliphatic heterocycles. The molecule has 0 heterocycles. The number of unbranched alkanes of at least 4 members (excludes halogenated alkanes) is 54. The number of carbonyl (C=O) groups is 4. The highest BCUT2D eigenvalue weighted by Gasteiger charge is 2.30. The van der Waals surface area contributed by atoms with Crippen LogP contribution in [0.3, 0.4) is 0 Å². The van der Waals surface area contributed by atoms with E-state index in [0.717, 1.165) is 96.3 Å². The minimum Gasteiger partial charge on any atom is -0.462 e. The Morgan fingerprint density at radius 2 is 0.408 bits per heavy atom. The first-order valence-electron chi connectivity index (χ1n) is 41.3. The Hall–Kier alpha value is -1.94. The molecule has 98 heavy (non-hydrogen) atoms. The molecule has 0 spiro atoms. The summed E-state index contributed by atoms with van der Waals surface area (Å²) >= 11 is 0. The van der Waals surface area contributed by atoms with Gasteiger partial charge in [-0.25, -0.2) is 9.13 Å². The smallest absolute Gasteiger partial charge is 0.462 e. The van der Waals surface area contributed by atoms with Gasteiger partial charge in [-0.3, -0.25) is 37.3 Å². The molecule has 0 aliphatic rings. The van der Waals surface area contributed by atoms with Gasteiger partial charge in [0, 0.05) is 25.7 Å². The molecule has 582 valence electrons. The van der Waals surface area contributed by atoms with Gasteiger partial charge >= 0.3 is 39.5 Å². The number of rotatable bonds is 80. The average molecular weight is 1440 g/mol. The highest BCUT2D eigenvalue weighted by Crippen LogP contribution is 2.45. The molecular formula is C79H154O17P2. The van der Waals surface area contributed by atoms with Crippen molar-refractivity contribution in [2.45, 2.75) is 444 Å². The molecule has 0 aromatic carbocycles. The lowest BCUT2D eigenvalue weighted by atomic mass is 10.0. The molecule has 0 rings (SSSR count). The summed E-state index contributed by atoms with van der Waals surface area (Å²) < 4.78 is 68.4. The van der Waals surface area contributed by atoms with Crippen molar-refractivity contribution < 1.29 is 80.2 Å². The molecule has 0 saturated carbocycles. The number of aliphatic hydroxyl groups excluding tert-OH is 1. The Labute approximate surface area is 600 Å². The molecule has 5 atom stereocenters. The first-order chi connectivity index (χ1) is 47.7. The van der Waals surface area contributed by atoms with Crippen molar-refractivity contribution in [1.29, 1.82) is 0 Å². The maximum Gasteiger partial charge on any atom is 0.472 e. The van der Waals surface area contributed by atoms with Gasteiger partial charge in [0.1, 0.15) is 19.3 Å². The molecule has 2 unspecified atom stereocenters. The Morgan fingerprint density at radius 3 is 0.602 bits per heavy atom. The van der Waals surface area contributed by atoms with E-state index in [4.69, 9.17) is 37.0 Å². The maximum atomic E-state index is 13.1. The molecule has 0 saturated heterocycles. The summed E-state index contributed by atoms with van der Waals surface area (Å²) in [4.78, 5) is 72.6. The van der Waals surface area contributed by atoms with Crippen LogP contribution < -0.4 is 0 Å². The summed E-state index contributed by atoms with van der Waals surface area (Å²) in [6.07, 6.45) is 65.7. The third-order valence-electron chi connectivity index (χ3n) is 18.6. The van der Waals surface area contributed by atoms with Crippen LogP contribution in [-0.4, -0.2) is 96.7 Å². The lowest BCUT2D eigenvalue weighted by molar-refractivity contribution is -0.161. The van der Waals surface area contributed by atoms with Crippen LogP contribution in [0.5, 0.6) is 0 Å².